The molecule has 0 saturated carbocycles. The van der Waals surface area contributed by atoms with Crippen LogP contribution < -0.4 is 11.1 Å². The number of likely N-dealkylation sites (N-methyl/N-ethyl adjacent to an activating group) is 1. The van der Waals surface area contributed by atoms with Crippen molar-refractivity contribution in [2.75, 3.05) is 38.2 Å². The summed E-state index contributed by atoms with van der Waals surface area (Å²) >= 11 is 0. The van der Waals surface area contributed by atoms with E-state index in [0.29, 0.717) is 24.7 Å². The van der Waals surface area contributed by atoms with E-state index in [9.17, 15) is 5.11 Å². The third kappa shape index (κ3) is 4.94. The number of hydrogen-bond donors (Lipinski definition) is 3. The van der Waals surface area contributed by atoms with Crippen LogP contribution in [0.4, 0.5) is 11.6 Å². The largest absolute Gasteiger partial charge is 0.387 e. The lowest BCUT2D eigenvalue weighted by atomic mass is 10.1. The molecule has 0 spiro atoms. The molecule has 0 fully saturated rings. The van der Waals surface area contributed by atoms with E-state index in [4.69, 9.17) is 5.73 Å². The summed E-state index contributed by atoms with van der Waals surface area (Å²) in [5.41, 5.74) is 5.90. The molecule has 1 aromatic heterocycles. The number of nitrogens with two attached hydrogens (primary N) is 1. The molecule has 4 N–H and O–H groups in total. The minimum Gasteiger partial charge on any atom is -0.387 e. The smallest absolute Gasteiger partial charge is 0.134 e. The van der Waals surface area contributed by atoms with Crippen LogP contribution in [-0.2, 0) is 6.42 Å². The van der Waals surface area contributed by atoms with Crippen LogP contribution in [0.25, 0.3) is 0 Å². The van der Waals surface area contributed by atoms with Gasteiger partial charge in [0.1, 0.15) is 17.5 Å². The van der Waals surface area contributed by atoms with E-state index in [1.54, 1.807) is 6.92 Å². The maximum absolute atomic E-state index is 10.3. The molecule has 0 amide bonds. The zero-order valence-corrected chi connectivity index (χ0v) is 13.2. The topological polar surface area (TPSA) is 87.3 Å². The Balaban J connectivity index is 2.81. The SMILES string of the molecule is CCCc1nc(N)c(C)c(NCC(C)(O)CN(C)C)n1. The first-order valence-electron chi connectivity index (χ1n) is 6.99. The molecule has 114 valence electrons. The third-order valence-corrected chi connectivity index (χ3v) is 3.00. The van der Waals surface area contributed by atoms with Crippen LogP contribution in [0, 0.1) is 6.92 Å². The number of aryl methyl sites for hydroxylation is 1. The monoisotopic (exact) mass is 281 g/mol. The van der Waals surface area contributed by atoms with Gasteiger partial charge in [0.15, 0.2) is 0 Å². The van der Waals surface area contributed by atoms with Gasteiger partial charge in [-0.3, -0.25) is 0 Å². The number of hydrogen-bond acceptors (Lipinski definition) is 6. The first-order chi connectivity index (χ1) is 9.25. The number of rotatable bonds is 7. The van der Waals surface area contributed by atoms with Crippen LogP contribution in [0.5, 0.6) is 0 Å². The lowest BCUT2D eigenvalue weighted by Gasteiger charge is -2.27. The minimum atomic E-state index is -0.833. The van der Waals surface area contributed by atoms with Crippen LogP contribution >= 0.6 is 0 Å². The maximum atomic E-state index is 10.3. The summed E-state index contributed by atoms with van der Waals surface area (Å²) in [6.07, 6.45) is 1.77. The number of nitrogens with one attached hydrogen (secondary N) is 1. The first kappa shape index (κ1) is 16.7. The summed E-state index contributed by atoms with van der Waals surface area (Å²) in [6, 6.07) is 0. The third-order valence-electron chi connectivity index (χ3n) is 3.00. The second-order valence-corrected chi connectivity index (χ2v) is 5.84. The van der Waals surface area contributed by atoms with E-state index in [-0.39, 0.29) is 0 Å². The molecule has 0 aliphatic heterocycles. The second-order valence-electron chi connectivity index (χ2n) is 5.84. The highest BCUT2D eigenvalue weighted by molar-refractivity contribution is 5.54. The molecule has 6 nitrogen and oxygen atoms in total. The number of anilines is 2. The van der Waals surface area contributed by atoms with Crippen molar-refractivity contribution in [2.24, 2.45) is 0 Å². The van der Waals surface area contributed by atoms with Gasteiger partial charge in [0.2, 0.25) is 0 Å². The van der Waals surface area contributed by atoms with Gasteiger partial charge in [-0.2, -0.15) is 0 Å². The van der Waals surface area contributed by atoms with Crippen molar-refractivity contribution < 1.29 is 5.11 Å². The molecule has 0 aliphatic rings. The quantitative estimate of drug-likeness (QED) is 0.692. The Bertz CT molecular complexity index is 445. The van der Waals surface area contributed by atoms with Gasteiger partial charge in [-0.05, 0) is 34.4 Å². The number of aliphatic hydroxyl groups is 1. The summed E-state index contributed by atoms with van der Waals surface area (Å²) in [4.78, 5) is 10.7. The highest BCUT2D eigenvalue weighted by Crippen LogP contribution is 2.19. The van der Waals surface area contributed by atoms with E-state index in [2.05, 4.69) is 22.2 Å². The Kier molecular flexibility index (Phi) is 5.71. The van der Waals surface area contributed by atoms with Crippen molar-refractivity contribution in [3.63, 3.8) is 0 Å². The van der Waals surface area contributed by atoms with E-state index in [0.717, 1.165) is 24.2 Å². The summed E-state index contributed by atoms with van der Waals surface area (Å²) in [5.74, 6) is 1.95. The fourth-order valence-electron chi connectivity index (χ4n) is 2.10. The molecule has 0 bridgehead atoms. The fraction of sp³-hybridized carbons (Fsp3) is 0.714. The van der Waals surface area contributed by atoms with E-state index < -0.39 is 5.60 Å². The highest BCUT2D eigenvalue weighted by atomic mass is 16.3. The van der Waals surface area contributed by atoms with Crippen molar-refractivity contribution in [3.05, 3.63) is 11.4 Å². The lowest BCUT2D eigenvalue weighted by molar-refractivity contribution is 0.0459. The van der Waals surface area contributed by atoms with Gasteiger partial charge in [-0.25, -0.2) is 9.97 Å². The van der Waals surface area contributed by atoms with Crippen LogP contribution in [-0.4, -0.2) is 52.8 Å². The normalized spacial score (nSPS) is 14.3. The maximum Gasteiger partial charge on any atom is 0.134 e. The Morgan fingerprint density at radius 3 is 2.55 bits per heavy atom. The van der Waals surface area contributed by atoms with Gasteiger partial charge >= 0.3 is 0 Å². The van der Waals surface area contributed by atoms with Gasteiger partial charge in [0, 0.05) is 25.1 Å². The predicted molar refractivity (Wildman–Crippen MR) is 82.8 cm³/mol. The Morgan fingerprint density at radius 2 is 2.00 bits per heavy atom. The molecule has 0 radical (unpaired) electrons. The molecular weight excluding hydrogens is 254 g/mol. The van der Waals surface area contributed by atoms with Crippen LogP contribution in [0.1, 0.15) is 31.7 Å². The number of aromatic nitrogens is 2. The molecule has 1 rings (SSSR count). The zero-order chi connectivity index (χ0) is 15.3. The summed E-state index contributed by atoms with van der Waals surface area (Å²) in [5, 5.41) is 13.5. The van der Waals surface area contributed by atoms with Gasteiger partial charge in [0.25, 0.3) is 0 Å². The van der Waals surface area contributed by atoms with Crippen molar-refractivity contribution in [1.82, 2.24) is 14.9 Å². The summed E-state index contributed by atoms with van der Waals surface area (Å²) in [6.45, 7) is 6.74. The summed E-state index contributed by atoms with van der Waals surface area (Å²) in [7, 11) is 3.86. The van der Waals surface area contributed by atoms with Crippen LogP contribution in [0.15, 0.2) is 0 Å². The van der Waals surface area contributed by atoms with Crippen molar-refractivity contribution in [3.8, 4) is 0 Å². The van der Waals surface area contributed by atoms with Gasteiger partial charge in [-0.1, -0.05) is 6.92 Å². The predicted octanol–water partition coefficient (Wildman–Crippen LogP) is 1.04. The molecule has 0 aliphatic carbocycles. The van der Waals surface area contributed by atoms with Gasteiger partial charge < -0.3 is 21.1 Å². The average molecular weight is 281 g/mol. The number of nitrogen functional groups attached to an aromatic ring is 1. The molecule has 1 heterocycles. The van der Waals surface area contributed by atoms with Gasteiger partial charge in [-0.15, -0.1) is 0 Å². The Labute approximate surface area is 121 Å². The molecule has 0 saturated heterocycles. The molecule has 20 heavy (non-hydrogen) atoms. The highest BCUT2D eigenvalue weighted by Gasteiger charge is 2.22. The molecule has 1 atom stereocenters. The molecule has 1 unspecified atom stereocenters. The first-order valence-corrected chi connectivity index (χ1v) is 6.99. The second kappa shape index (κ2) is 6.85. The molecule has 6 heteroatoms. The Morgan fingerprint density at radius 1 is 1.35 bits per heavy atom. The molecule has 0 aromatic carbocycles. The molecule has 1 aromatic rings. The van der Waals surface area contributed by atoms with Crippen LogP contribution in [0.2, 0.25) is 0 Å². The number of nitrogens with zero attached hydrogens (tertiary/aromatic N) is 3. The van der Waals surface area contributed by atoms with E-state index in [1.165, 1.54) is 0 Å². The average Bonchev–Trinajstić information content (AvgIpc) is 2.30. The lowest BCUT2D eigenvalue weighted by Crippen LogP contribution is -2.43. The Hall–Kier alpha value is -1.40. The molecular formula is C14H27N5O. The zero-order valence-electron chi connectivity index (χ0n) is 13.2. The van der Waals surface area contributed by atoms with E-state index >= 15 is 0 Å². The van der Waals surface area contributed by atoms with Crippen molar-refractivity contribution >= 4 is 11.6 Å². The van der Waals surface area contributed by atoms with E-state index in [1.807, 2.05) is 25.9 Å². The van der Waals surface area contributed by atoms with Crippen molar-refractivity contribution in [1.29, 1.82) is 0 Å². The summed E-state index contributed by atoms with van der Waals surface area (Å²) < 4.78 is 0. The van der Waals surface area contributed by atoms with Crippen LogP contribution in [0.3, 0.4) is 0 Å². The van der Waals surface area contributed by atoms with Gasteiger partial charge in [0.05, 0.1) is 5.60 Å². The standard InChI is InChI=1S/C14H27N5O/c1-6-7-11-17-12(15)10(2)13(18-11)16-8-14(3,20)9-19(4)5/h20H,6-9H2,1-5H3,(H3,15,16,17,18). The van der Waals surface area contributed by atoms with Crippen molar-refractivity contribution in [2.45, 2.75) is 39.2 Å². The fourth-order valence-corrected chi connectivity index (χ4v) is 2.10. The minimum absolute atomic E-state index is 0.411.